The van der Waals surface area contributed by atoms with E-state index < -0.39 is 32.5 Å². The van der Waals surface area contributed by atoms with Crippen molar-refractivity contribution < 1.29 is 31.5 Å². The Morgan fingerprint density at radius 3 is 2.56 bits per heavy atom. The van der Waals surface area contributed by atoms with Crippen molar-refractivity contribution in [3.05, 3.63) is 100 Å². The molecule has 1 aliphatic rings. The number of halogens is 2. The molecular weight excluding hydrogens is 623 g/mol. The lowest BCUT2D eigenvalue weighted by atomic mass is 9.95. The number of nitrogens with zero attached hydrogens (tertiary/aromatic N) is 3. The molecule has 2 heterocycles. The maximum absolute atomic E-state index is 15.2. The van der Waals surface area contributed by atoms with E-state index in [1.807, 2.05) is 0 Å². The number of carbonyl (C=O) groups excluding carboxylic acids is 1. The van der Waals surface area contributed by atoms with Crippen molar-refractivity contribution in [1.29, 1.82) is 0 Å². The van der Waals surface area contributed by atoms with Gasteiger partial charge in [-0.15, -0.1) is 11.3 Å². The third-order valence-corrected chi connectivity index (χ3v) is 9.21. The van der Waals surface area contributed by atoms with E-state index in [1.165, 1.54) is 30.6 Å². The first-order chi connectivity index (χ1) is 21.6. The van der Waals surface area contributed by atoms with E-state index in [9.17, 15) is 17.6 Å². The van der Waals surface area contributed by atoms with Gasteiger partial charge in [-0.2, -0.15) is 5.10 Å². The first-order valence-corrected chi connectivity index (χ1v) is 16.5. The Balaban J connectivity index is 1.53. The van der Waals surface area contributed by atoms with E-state index in [0.717, 1.165) is 36.2 Å². The lowest BCUT2D eigenvalue weighted by molar-refractivity contribution is 0.0520. The van der Waals surface area contributed by atoms with Crippen LogP contribution >= 0.6 is 11.3 Å². The molecule has 6 rings (SSSR count). The van der Waals surface area contributed by atoms with Crippen molar-refractivity contribution in [2.75, 3.05) is 13.7 Å². The third kappa shape index (κ3) is 6.23. The van der Waals surface area contributed by atoms with Crippen LogP contribution in [0.5, 0.6) is 5.75 Å². The van der Waals surface area contributed by atoms with Gasteiger partial charge in [-0.3, -0.25) is 0 Å². The monoisotopic (exact) mass is 650 g/mol. The highest BCUT2D eigenvalue weighted by Gasteiger charge is 2.34. The molecule has 0 radical (unpaired) electrons. The minimum atomic E-state index is -4.25. The van der Waals surface area contributed by atoms with Gasteiger partial charge in [0.15, 0.2) is 5.69 Å². The van der Waals surface area contributed by atoms with Gasteiger partial charge in [0.1, 0.15) is 22.3 Å². The molecule has 5 aromatic rings. The summed E-state index contributed by atoms with van der Waals surface area (Å²) >= 11 is 1.23. The highest BCUT2D eigenvalue weighted by molar-refractivity contribution is 7.89. The molecule has 0 aliphatic heterocycles. The van der Waals surface area contributed by atoms with Crippen LogP contribution in [0.25, 0.3) is 27.5 Å². The summed E-state index contributed by atoms with van der Waals surface area (Å²) in [7, 11) is -2.71. The molecule has 1 aliphatic carbocycles. The number of benzene rings is 3. The van der Waals surface area contributed by atoms with Crippen LogP contribution in [-0.4, -0.2) is 42.9 Å². The van der Waals surface area contributed by atoms with E-state index in [2.05, 4.69) is 4.98 Å². The van der Waals surface area contributed by atoms with Crippen molar-refractivity contribution >= 4 is 27.3 Å². The van der Waals surface area contributed by atoms with Gasteiger partial charge in [-0.05, 0) is 73.4 Å². The summed E-state index contributed by atoms with van der Waals surface area (Å²) in [5.74, 6) is -1.26. The number of rotatable bonds is 10. The van der Waals surface area contributed by atoms with Gasteiger partial charge in [-0.25, -0.2) is 36.8 Å². The van der Waals surface area contributed by atoms with Crippen LogP contribution in [-0.2, 0) is 21.2 Å². The molecule has 13 heteroatoms. The minimum absolute atomic E-state index is 0.114. The molecular formula is C32H28F2N4O5S2. The molecule has 45 heavy (non-hydrogen) atoms. The molecule has 1 fully saturated rings. The van der Waals surface area contributed by atoms with E-state index in [-0.39, 0.29) is 24.6 Å². The number of aromatic nitrogens is 3. The van der Waals surface area contributed by atoms with Crippen molar-refractivity contribution in [1.82, 2.24) is 14.8 Å². The molecule has 2 N–H and O–H groups in total. The van der Waals surface area contributed by atoms with E-state index >= 15 is 4.39 Å². The summed E-state index contributed by atoms with van der Waals surface area (Å²) < 4.78 is 66.0. The van der Waals surface area contributed by atoms with Crippen LogP contribution in [0.1, 0.15) is 53.0 Å². The Kier molecular flexibility index (Phi) is 8.25. The SMILES string of the molecule is CCOC(=O)c1csc(-n2nc(-c3ccc(F)c(-c4cccc(OC)c4)c3)c(Cc3ccc(S(N)(=O)=O)c(F)c3)c2C2CC2)n1. The Bertz CT molecular complexity index is 2040. The highest BCUT2D eigenvalue weighted by Crippen LogP contribution is 2.46. The van der Waals surface area contributed by atoms with Crippen LogP contribution in [0.4, 0.5) is 8.78 Å². The molecule has 232 valence electrons. The third-order valence-electron chi connectivity index (χ3n) is 7.45. The van der Waals surface area contributed by atoms with Crippen molar-refractivity contribution in [2.45, 2.75) is 37.0 Å². The second-order valence-corrected chi connectivity index (χ2v) is 12.9. The fraction of sp³-hybridized carbons (Fsp3) is 0.219. The Morgan fingerprint density at radius 2 is 1.87 bits per heavy atom. The second-order valence-electron chi connectivity index (χ2n) is 10.5. The van der Waals surface area contributed by atoms with Crippen LogP contribution in [0.3, 0.4) is 0 Å². The van der Waals surface area contributed by atoms with Gasteiger partial charge in [0.05, 0.1) is 25.1 Å². The zero-order valence-electron chi connectivity index (χ0n) is 24.3. The molecule has 1 saturated carbocycles. The van der Waals surface area contributed by atoms with Crippen molar-refractivity contribution in [3.8, 4) is 33.3 Å². The first-order valence-electron chi connectivity index (χ1n) is 14.1. The quantitative estimate of drug-likeness (QED) is 0.177. The van der Waals surface area contributed by atoms with Crippen molar-refractivity contribution in [2.24, 2.45) is 5.14 Å². The predicted molar refractivity (Wildman–Crippen MR) is 165 cm³/mol. The topological polar surface area (TPSA) is 126 Å². The number of esters is 1. The van der Waals surface area contributed by atoms with Crippen LogP contribution < -0.4 is 9.88 Å². The Labute approximate surface area is 262 Å². The average Bonchev–Trinajstić information content (AvgIpc) is 3.60. The smallest absolute Gasteiger partial charge is 0.357 e. The lowest BCUT2D eigenvalue weighted by Gasteiger charge is -2.11. The van der Waals surface area contributed by atoms with Crippen LogP contribution in [0, 0.1) is 11.6 Å². The number of hydrogen-bond donors (Lipinski definition) is 1. The number of carbonyl (C=O) groups is 1. The predicted octanol–water partition coefficient (Wildman–Crippen LogP) is 6.24. The van der Waals surface area contributed by atoms with Gasteiger partial charge < -0.3 is 9.47 Å². The number of thiazole rings is 1. The number of hydrogen-bond acceptors (Lipinski definition) is 8. The van der Waals surface area contributed by atoms with E-state index in [4.69, 9.17) is 19.7 Å². The largest absolute Gasteiger partial charge is 0.497 e. The van der Waals surface area contributed by atoms with Crippen LogP contribution in [0.15, 0.2) is 70.9 Å². The number of ether oxygens (including phenoxy) is 2. The molecule has 0 amide bonds. The number of methoxy groups -OCH3 is 1. The molecule has 0 atom stereocenters. The number of sulfonamides is 1. The van der Waals surface area contributed by atoms with Gasteiger partial charge in [0, 0.05) is 34.4 Å². The summed E-state index contributed by atoms with van der Waals surface area (Å²) in [5, 5.41) is 12.2. The van der Waals surface area contributed by atoms with Gasteiger partial charge in [0.25, 0.3) is 0 Å². The minimum Gasteiger partial charge on any atom is -0.497 e. The summed E-state index contributed by atoms with van der Waals surface area (Å²) in [6, 6.07) is 15.6. The van der Waals surface area contributed by atoms with Gasteiger partial charge in [0.2, 0.25) is 15.2 Å². The average molecular weight is 651 g/mol. The first kappa shape index (κ1) is 30.6. The zero-order valence-corrected chi connectivity index (χ0v) is 25.9. The lowest BCUT2D eigenvalue weighted by Crippen LogP contribution is -2.14. The number of nitrogens with two attached hydrogens (primary N) is 1. The normalized spacial score (nSPS) is 13.2. The highest BCUT2D eigenvalue weighted by atomic mass is 32.2. The maximum Gasteiger partial charge on any atom is 0.357 e. The number of primary sulfonamides is 1. The molecule has 0 unspecified atom stereocenters. The van der Waals surface area contributed by atoms with E-state index in [1.54, 1.807) is 53.4 Å². The molecule has 0 spiro atoms. The molecule has 2 aromatic heterocycles. The zero-order chi connectivity index (χ0) is 31.9. The van der Waals surface area contributed by atoms with E-state index in [0.29, 0.717) is 38.8 Å². The van der Waals surface area contributed by atoms with Crippen molar-refractivity contribution in [3.63, 3.8) is 0 Å². The van der Waals surface area contributed by atoms with Crippen LogP contribution in [0.2, 0.25) is 0 Å². The Hall–Kier alpha value is -4.46. The molecule has 0 bridgehead atoms. The summed E-state index contributed by atoms with van der Waals surface area (Å²) in [6.07, 6.45) is 1.95. The van der Waals surface area contributed by atoms with Gasteiger partial charge in [-0.1, -0.05) is 18.2 Å². The molecule has 0 saturated heterocycles. The fourth-order valence-corrected chi connectivity index (χ4v) is 6.57. The summed E-state index contributed by atoms with van der Waals surface area (Å²) in [5.41, 5.74) is 4.29. The van der Waals surface area contributed by atoms with Gasteiger partial charge >= 0.3 is 5.97 Å². The standard InChI is InChI=1S/C32H28F2N4O5S2/c1-3-43-31(39)27-17-44-32(36-27)38-30(19-8-9-19)24(13-18-7-12-28(26(34)14-18)45(35,40)41)29(37-38)21-10-11-25(33)23(16-21)20-5-4-6-22(15-20)42-2/h4-7,10-12,14-17,19H,3,8-9,13H2,1-2H3,(H2,35,40,41). The second kappa shape index (κ2) is 12.1. The molecule has 3 aromatic carbocycles. The fourth-order valence-electron chi connectivity index (χ4n) is 5.23. The maximum atomic E-state index is 15.2. The summed E-state index contributed by atoms with van der Waals surface area (Å²) in [4.78, 5) is 16.3. The summed E-state index contributed by atoms with van der Waals surface area (Å²) in [6.45, 7) is 1.92. The molecule has 9 nitrogen and oxygen atoms in total. The Morgan fingerprint density at radius 1 is 1.07 bits per heavy atom.